The number of aryl methyl sites for hydroxylation is 2. The smallest absolute Gasteiger partial charge is 0.342 e. The van der Waals surface area contributed by atoms with Crippen molar-refractivity contribution in [2.75, 3.05) is 57.8 Å². The Kier molecular flexibility index (Phi) is 20.8. The molecule has 2 saturated carbocycles. The second-order valence-corrected chi connectivity index (χ2v) is 23.8. The van der Waals surface area contributed by atoms with Gasteiger partial charge in [-0.15, -0.1) is 0 Å². The van der Waals surface area contributed by atoms with E-state index in [0.717, 1.165) is 131 Å². The van der Waals surface area contributed by atoms with E-state index in [1.165, 1.54) is 42.3 Å². The number of aliphatic hydroxyl groups excluding tert-OH is 2. The molecule has 10 rings (SSSR count). The number of aliphatic hydroxyl groups is 3. The zero-order valence-corrected chi connectivity index (χ0v) is 49.6. The van der Waals surface area contributed by atoms with Gasteiger partial charge in [-0.1, -0.05) is 51.3 Å². The van der Waals surface area contributed by atoms with Crippen molar-refractivity contribution in [3.63, 3.8) is 0 Å². The van der Waals surface area contributed by atoms with Gasteiger partial charge in [0.05, 0.1) is 48.3 Å². The predicted molar refractivity (Wildman–Crippen MR) is 317 cm³/mol. The lowest BCUT2D eigenvalue weighted by Gasteiger charge is -2.56. The molecule has 4 aromatic rings. The molecule has 444 valence electrons. The van der Waals surface area contributed by atoms with Gasteiger partial charge in [0.15, 0.2) is 11.4 Å². The second-order valence-electron chi connectivity index (χ2n) is 23.8. The average Bonchev–Trinajstić information content (AvgIpc) is 2.92. The first-order valence-electron chi connectivity index (χ1n) is 29.4. The summed E-state index contributed by atoms with van der Waals surface area (Å²) in [4.78, 5) is 74.7. The first kappa shape index (κ1) is 63.3. The van der Waals surface area contributed by atoms with Gasteiger partial charge in [0.2, 0.25) is 5.91 Å². The average molecular weight is 1130 g/mol. The Bertz CT molecular complexity index is 3150. The van der Waals surface area contributed by atoms with E-state index in [1.54, 1.807) is 17.6 Å². The summed E-state index contributed by atoms with van der Waals surface area (Å²) in [6.45, 7) is 20.4. The predicted octanol–water partition coefficient (Wildman–Crippen LogP) is 7.99. The van der Waals surface area contributed by atoms with Crippen molar-refractivity contribution in [2.24, 2.45) is 22.5 Å². The van der Waals surface area contributed by atoms with Crippen LogP contribution in [0.4, 0.5) is 10.1 Å². The number of halogens is 1. The number of nitrogens with two attached hydrogens (primary N) is 1. The molecule has 0 spiro atoms. The number of rotatable bonds is 17. The fourth-order valence-corrected chi connectivity index (χ4v) is 14.5. The number of hydrogen-bond acceptors (Lipinski definition) is 14. The first-order chi connectivity index (χ1) is 39.1. The normalized spacial score (nSPS) is 24.7. The number of primary amides is 1. The molecular formula is C65H87FN6O10. The molecule has 2 aromatic carbocycles. The molecule has 16 nitrogen and oxygen atoms in total. The monoisotopic (exact) mass is 1130 g/mol. The van der Waals surface area contributed by atoms with Crippen LogP contribution in [-0.4, -0.2) is 120 Å². The third kappa shape index (κ3) is 12.6. The molecule has 4 heterocycles. The Balaban J connectivity index is 0.000000235. The maximum Gasteiger partial charge on any atom is 0.342 e. The van der Waals surface area contributed by atoms with Crippen LogP contribution in [0.3, 0.4) is 0 Å². The van der Waals surface area contributed by atoms with Crippen LogP contribution >= 0.6 is 0 Å². The molecule has 17 heteroatoms. The van der Waals surface area contributed by atoms with Gasteiger partial charge in [-0.05, 0) is 173 Å². The summed E-state index contributed by atoms with van der Waals surface area (Å²) < 4.78 is 21.2. The number of anilines is 1. The highest BCUT2D eigenvalue weighted by Gasteiger charge is 2.60. The summed E-state index contributed by atoms with van der Waals surface area (Å²) in [5.74, 6) is -0.502. The van der Waals surface area contributed by atoms with Crippen molar-refractivity contribution in [3.05, 3.63) is 114 Å². The van der Waals surface area contributed by atoms with Crippen LogP contribution in [-0.2, 0) is 60.3 Å². The minimum absolute atomic E-state index is 0.0215. The third-order valence-electron chi connectivity index (χ3n) is 18.9. The van der Waals surface area contributed by atoms with E-state index in [-0.39, 0.29) is 76.8 Å². The number of pyridine rings is 2. The number of ether oxygens (including phenoxy) is 1. The van der Waals surface area contributed by atoms with Crippen LogP contribution in [0.1, 0.15) is 157 Å². The molecule has 2 fully saturated rings. The van der Waals surface area contributed by atoms with E-state index >= 15 is 0 Å². The maximum atomic E-state index is 14.6. The number of carbonyl (C=O) groups excluding carboxylic acids is 5. The number of aldehydes is 1. The van der Waals surface area contributed by atoms with E-state index in [9.17, 15) is 38.9 Å². The number of unbranched alkanes of at least 4 members (excludes halogenated alkanes) is 3. The maximum absolute atomic E-state index is 14.6. The minimum Gasteiger partial charge on any atom is -0.458 e. The van der Waals surface area contributed by atoms with Gasteiger partial charge in [0.1, 0.15) is 25.5 Å². The summed E-state index contributed by atoms with van der Waals surface area (Å²) in [6, 6.07) is 12.3. The van der Waals surface area contributed by atoms with Crippen LogP contribution in [0.5, 0.6) is 0 Å². The van der Waals surface area contributed by atoms with Gasteiger partial charge in [0, 0.05) is 73.8 Å². The van der Waals surface area contributed by atoms with Crippen LogP contribution in [0.25, 0.3) is 22.3 Å². The Morgan fingerprint density at radius 1 is 0.951 bits per heavy atom. The van der Waals surface area contributed by atoms with E-state index in [2.05, 4.69) is 74.1 Å². The van der Waals surface area contributed by atoms with Crippen molar-refractivity contribution >= 4 is 47.3 Å². The minimum atomic E-state index is -1.90. The molecule has 1 amide bonds. The summed E-state index contributed by atoms with van der Waals surface area (Å²) in [5, 5.41) is 35.5. The molecule has 2 aliphatic heterocycles. The van der Waals surface area contributed by atoms with Crippen molar-refractivity contribution < 1.29 is 48.4 Å². The highest BCUT2D eigenvalue weighted by Crippen LogP contribution is 2.67. The number of allylic oxidation sites excluding steroid dienone is 4. The first-order valence-corrected chi connectivity index (χ1v) is 29.4. The lowest BCUT2D eigenvalue weighted by Crippen LogP contribution is -2.49. The molecule has 0 radical (unpaired) electrons. The SMILES string of the molecule is C=O.CC=O.CC[C@]1(C)/C(=C2/CCC(=O)C=C2C)[C@@H](c2ccc(N(C)CCCCCCN(CCO)CCNCC(N)=O)cc2)C[C@]2(C)C(O)CCC21.Cc1c(F)cc2nc3c(c4c2c1CCC4)Cn1c-3cc2c(c1=O)COC(=O)[C@@]2(C)O. The highest BCUT2D eigenvalue weighted by molar-refractivity contribution is 5.93. The number of benzene rings is 2. The Labute approximate surface area is 482 Å². The Morgan fingerprint density at radius 2 is 1.63 bits per heavy atom. The zero-order valence-electron chi connectivity index (χ0n) is 49.6. The van der Waals surface area contributed by atoms with Crippen LogP contribution in [0.2, 0.25) is 0 Å². The number of amides is 1. The van der Waals surface area contributed by atoms with Gasteiger partial charge < -0.3 is 50.2 Å². The van der Waals surface area contributed by atoms with Crippen molar-refractivity contribution in [1.82, 2.24) is 19.8 Å². The number of nitrogens with zero attached hydrogens (tertiary/aromatic N) is 4. The number of cyclic esters (lactones) is 1. The molecule has 82 heavy (non-hydrogen) atoms. The molecule has 2 unspecified atom stereocenters. The number of nitrogens with one attached hydrogen (secondary N) is 1. The van der Waals surface area contributed by atoms with Crippen molar-refractivity contribution in [2.45, 2.75) is 163 Å². The summed E-state index contributed by atoms with van der Waals surface area (Å²) in [6.07, 6.45) is 14.8. The van der Waals surface area contributed by atoms with Gasteiger partial charge in [0.25, 0.3) is 5.56 Å². The number of hydrogen-bond donors (Lipinski definition) is 5. The lowest BCUT2D eigenvalue weighted by atomic mass is 9.49. The van der Waals surface area contributed by atoms with Gasteiger partial charge >= 0.3 is 5.97 Å². The van der Waals surface area contributed by atoms with Crippen LogP contribution in [0, 0.1) is 29.5 Å². The fourth-order valence-electron chi connectivity index (χ4n) is 14.5. The molecule has 0 bridgehead atoms. The molecule has 0 saturated heterocycles. The molecule has 2 aromatic heterocycles. The van der Waals surface area contributed by atoms with Crippen LogP contribution < -0.4 is 21.5 Å². The van der Waals surface area contributed by atoms with Crippen LogP contribution in [0.15, 0.2) is 64.0 Å². The zero-order chi connectivity index (χ0) is 59.8. The number of carbonyl (C=O) groups is 5. The number of ketones is 1. The Hall–Kier alpha value is -6.24. The second kappa shape index (κ2) is 27.0. The molecule has 6 aliphatic rings. The number of esters is 1. The standard InChI is InChI=1S/C39H62N4O4.C23H19FN2O4.C2H4O.CH2O/c1-6-38(3)34-17-18-35(46)39(34,4)26-33(37(38)32-16-15-31(45)25-28(32)2)29-11-13-30(14-12-29)42(5)20-9-7-8-10-21-43(23-24-44)22-19-41-27-36(40)47;1-10-11-4-3-5-12-13-8-26-18(20(13)25-17(19(11)12)7-16(10)24)6-15-14(21(26)27)9-30-22(28)23(15,2)29;1-2-3;1-2/h11-14,25,33-35,41,44,46H,6-10,15-24,26-27H2,1-5H3,(H2,40,47);6-7,29H,3-5,8-9H2,1-2H3;2H,1H3;1H2/b37-32-;;;/t33-,34?,35?,38+,39+;23-;;/m10../s1. The van der Waals surface area contributed by atoms with Gasteiger partial charge in [-0.25, -0.2) is 14.2 Å². The van der Waals surface area contributed by atoms with E-state index in [0.29, 0.717) is 54.4 Å². The topological polar surface area (TPSA) is 235 Å². The fraction of sp³-hybridized carbons (Fsp3) is 0.554. The third-order valence-corrected chi connectivity index (χ3v) is 18.9. The lowest BCUT2D eigenvalue weighted by molar-refractivity contribution is -0.169. The highest BCUT2D eigenvalue weighted by atomic mass is 19.1. The molecular weight excluding hydrogens is 1040 g/mol. The molecule has 6 atom stereocenters. The van der Waals surface area contributed by atoms with E-state index < -0.39 is 11.6 Å². The van der Waals surface area contributed by atoms with E-state index in [4.69, 9.17) is 25.0 Å². The Morgan fingerprint density at radius 3 is 2.29 bits per heavy atom. The number of fused-ring (bicyclic) bond motifs is 6. The van der Waals surface area contributed by atoms with E-state index in [1.807, 2.05) is 12.9 Å². The number of aromatic nitrogens is 2. The summed E-state index contributed by atoms with van der Waals surface area (Å²) in [5.41, 5.74) is 15.5. The van der Waals surface area contributed by atoms with Gasteiger partial charge in [-0.2, -0.15) is 0 Å². The molecule has 4 aliphatic carbocycles. The molecule has 6 N–H and O–H groups in total. The van der Waals surface area contributed by atoms with Crippen molar-refractivity contribution in [3.8, 4) is 11.4 Å². The largest absolute Gasteiger partial charge is 0.458 e. The quantitative estimate of drug-likeness (QED) is 0.0338. The van der Waals surface area contributed by atoms with Gasteiger partial charge in [-0.3, -0.25) is 19.3 Å². The summed E-state index contributed by atoms with van der Waals surface area (Å²) in [7, 11) is 2.17. The van der Waals surface area contributed by atoms with Crippen molar-refractivity contribution in [1.29, 1.82) is 0 Å². The summed E-state index contributed by atoms with van der Waals surface area (Å²) >= 11 is 0.